The second kappa shape index (κ2) is 7.55. The van der Waals surface area contributed by atoms with Gasteiger partial charge in [-0.1, -0.05) is 19.9 Å². The van der Waals surface area contributed by atoms with Gasteiger partial charge < -0.3 is 15.2 Å². The number of fused-ring (bicyclic) bond motifs is 1. The molecule has 0 bridgehead atoms. The predicted octanol–water partition coefficient (Wildman–Crippen LogP) is 3.46. The number of aryl methyl sites for hydroxylation is 3. The lowest BCUT2D eigenvalue weighted by atomic mass is 10.1. The molecule has 2 N–H and O–H groups in total. The maximum Gasteiger partial charge on any atom is 0.266 e. The Labute approximate surface area is 166 Å². The van der Waals surface area contributed by atoms with Gasteiger partial charge in [-0.15, -0.1) is 11.3 Å². The number of rotatable bonds is 4. The van der Waals surface area contributed by atoms with Crippen LogP contribution in [0.25, 0.3) is 10.2 Å². The van der Waals surface area contributed by atoms with Crippen LogP contribution in [0.15, 0.2) is 29.3 Å². The first-order chi connectivity index (χ1) is 13.2. The minimum Gasteiger partial charge on any atom is -0.326 e. The number of hydrogen-bond acceptors (Lipinski definition) is 5. The highest BCUT2D eigenvalue weighted by Gasteiger charge is 2.20. The topological polar surface area (TPSA) is 93.1 Å². The largest absolute Gasteiger partial charge is 0.326 e. The van der Waals surface area contributed by atoms with Gasteiger partial charge in [0.15, 0.2) is 0 Å². The molecule has 28 heavy (non-hydrogen) atoms. The number of nitrogens with one attached hydrogen (secondary N) is 2. The normalized spacial score (nSPS) is 11.1. The van der Waals surface area contributed by atoms with Crippen molar-refractivity contribution in [2.24, 2.45) is 13.0 Å². The number of carbonyl (C=O) groups is 2. The van der Waals surface area contributed by atoms with Crippen molar-refractivity contribution in [3.8, 4) is 0 Å². The van der Waals surface area contributed by atoms with Crippen LogP contribution in [-0.2, 0) is 11.8 Å². The van der Waals surface area contributed by atoms with Gasteiger partial charge in [-0.25, -0.2) is 4.98 Å². The summed E-state index contributed by atoms with van der Waals surface area (Å²) in [4.78, 5) is 42.4. The van der Waals surface area contributed by atoms with E-state index in [9.17, 15) is 14.4 Å². The summed E-state index contributed by atoms with van der Waals surface area (Å²) in [6.07, 6.45) is 1.45. The quantitative estimate of drug-likeness (QED) is 0.704. The Morgan fingerprint density at radius 1 is 1.18 bits per heavy atom. The first kappa shape index (κ1) is 19.8. The van der Waals surface area contributed by atoms with Crippen LogP contribution in [0.2, 0.25) is 0 Å². The summed E-state index contributed by atoms with van der Waals surface area (Å²) in [5, 5.41) is 6.18. The average Bonchev–Trinajstić information content (AvgIpc) is 2.98. The molecule has 0 aliphatic carbocycles. The summed E-state index contributed by atoms with van der Waals surface area (Å²) in [7, 11) is 1.63. The summed E-state index contributed by atoms with van der Waals surface area (Å²) >= 11 is 1.19. The molecular weight excluding hydrogens is 376 g/mol. The molecular formula is C20H22N4O3S. The van der Waals surface area contributed by atoms with Crippen molar-refractivity contribution in [2.75, 3.05) is 10.6 Å². The molecule has 2 amide bonds. The highest BCUT2D eigenvalue weighted by Crippen LogP contribution is 2.28. The van der Waals surface area contributed by atoms with Gasteiger partial charge >= 0.3 is 0 Å². The summed E-state index contributed by atoms with van der Waals surface area (Å²) < 4.78 is 1.40. The molecule has 7 nitrogen and oxygen atoms in total. The van der Waals surface area contributed by atoms with Crippen LogP contribution in [0.4, 0.5) is 11.4 Å². The van der Waals surface area contributed by atoms with Gasteiger partial charge in [-0.3, -0.25) is 14.4 Å². The van der Waals surface area contributed by atoms with Crippen molar-refractivity contribution in [2.45, 2.75) is 27.7 Å². The summed E-state index contributed by atoms with van der Waals surface area (Å²) in [5.41, 5.74) is 2.52. The zero-order valence-electron chi connectivity index (χ0n) is 16.4. The zero-order chi connectivity index (χ0) is 20.6. The smallest absolute Gasteiger partial charge is 0.266 e. The van der Waals surface area contributed by atoms with Gasteiger partial charge in [0.2, 0.25) is 5.91 Å². The molecule has 3 aromatic rings. The minimum absolute atomic E-state index is 0.0941. The van der Waals surface area contributed by atoms with Crippen LogP contribution < -0.4 is 16.2 Å². The van der Waals surface area contributed by atoms with E-state index in [0.29, 0.717) is 32.0 Å². The number of benzene rings is 1. The molecule has 0 unspecified atom stereocenters. The molecule has 0 saturated carbocycles. The highest BCUT2D eigenvalue weighted by atomic mass is 32.1. The third-order valence-corrected chi connectivity index (χ3v) is 5.69. The molecule has 0 radical (unpaired) electrons. The van der Waals surface area contributed by atoms with Crippen LogP contribution in [0.1, 0.15) is 34.6 Å². The third kappa shape index (κ3) is 3.68. The van der Waals surface area contributed by atoms with E-state index in [1.165, 1.54) is 22.2 Å². The SMILES string of the molecule is Cc1ccc(NC(=O)C(C)C)cc1NC(=O)c1sc2ncn(C)c(=O)c2c1C. The molecule has 0 atom stereocenters. The first-order valence-corrected chi connectivity index (χ1v) is 9.68. The average molecular weight is 398 g/mol. The fraction of sp³-hybridized carbons (Fsp3) is 0.300. The number of hydrogen-bond donors (Lipinski definition) is 2. The van der Waals surface area contributed by atoms with Crippen molar-refractivity contribution in [3.63, 3.8) is 0 Å². The van der Waals surface area contributed by atoms with E-state index in [4.69, 9.17) is 0 Å². The molecule has 0 fully saturated rings. The lowest BCUT2D eigenvalue weighted by Gasteiger charge is -2.12. The van der Waals surface area contributed by atoms with Crippen molar-refractivity contribution in [1.29, 1.82) is 0 Å². The van der Waals surface area contributed by atoms with E-state index in [0.717, 1.165) is 5.56 Å². The Bertz CT molecular complexity index is 1140. The van der Waals surface area contributed by atoms with Crippen LogP contribution in [-0.4, -0.2) is 21.4 Å². The standard InChI is InChI=1S/C20H22N4O3S/c1-10(2)17(25)22-13-7-6-11(3)14(8-13)23-18(26)16-12(4)15-19(28-16)21-9-24(5)20(15)27/h6-10H,1-5H3,(H,22,25)(H,23,26). The van der Waals surface area contributed by atoms with Gasteiger partial charge in [0, 0.05) is 24.3 Å². The summed E-state index contributed by atoms with van der Waals surface area (Å²) in [5.74, 6) is -0.544. The van der Waals surface area contributed by atoms with Crippen molar-refractivity contribution in [1.82, 2.24) is 9.55 Å². The van der Waals surface area contributed by atoms with Crippen LogP contribution >= 0.6 is 11.3 Å². The van der Waals surface area contributed by atoms with E-state index in [1.54, 1.807) is 26.1 Å². The Kier molecular flexibility index (Phi) is 5.33. The van der Waals surface area contributed by atoms with Gasteiger partial charge in [0.25, 0.3) is 11.5 Å². The van der Waals surface area contributed by atoms with Crippen LogP contribution in [0.5, 0.6) is 0 Å². The lowest BCUT2D eigenvalue weighted by molar-refractivity contribution is -0.118. The summed E-state index contributed by atoms with van der Waals surface area (Å²) in [6.45, 7) is 7.26. The van der Waals surface area contributed by atoms with Gasteiger partial charge in [-0.2, -0.15) is 0 Å². The first-order valence-electron chi connectivity index (χ1n) is 8.86. The second-order valence-corrected chi connectivity index (χ2v) is 8.02. The monoisotopic (exact) mass is 398 g/mol. The van der Waals surface area contributed by atoms with Crippen molar-refractivity contribution < 1.29 is 9.59 Å². The molecule has 0 saturated heterocycles. The maximum atomic E-state index is 12.9. The minimum atomic E-state index is -0.307. The number of anilines is 2. The van der Waals surface area contributed by atoms with Crippen LogP contribution in [0.3, 0.4) is 0 Å². The van der Waals surface area contributed by atoms with Gasteiger partial charge in [0.1, 0.15) is 4.83 Å². The maximum absolute atomic E-state index is 12.9. The molecule has 2 heterocycles. The fourth-order valence-electron chi connectivity index (χ4n) is 2.73. The molecule has 0 aliphatic heterocycles. The third-order valence-electron chi connectivity index (χ3n) is 4.49. The number of nitrogens with zero attached hydrogens (tertiary/aromatic N) is 2. The number of amides is 2. The van der Waals surface area contributed by atoms with E-state index in [1.807, 2.05) is 26.8 Å². The van der Waals surface area contributed by atoms with E-state index in [-0.39, 0.29) is 23.3 Å². The molecule has 1 aromatic carbocycles. The van der Waals surface area contributed by atoms with E-state index >= 15 is 0 Å². The van der Waals surface area contributed by atoms with Crippen LogP contribution in [0, 0.1) is 19.8 Å². The lowest BCUT2D eigenvalue weighted by Crippen LogP contribution is -2.18. The molecule has 8 heteroatoms. The molecule has 0 spiro atoms. The van der Waals surface area contributed by atoms with E-state index in [2.05, 4.69) is 15.6 Å². The molecule has 0 aliphatic rings. The Morgan fingerprint density at radius 3 is 2.57 bits per heavy atom. The molecule has 3 rings (SSSR count). The van der Waals surface area contributed by atoms with E-state index < -0.39 is 0 Å². The second-order valence-electron chi connectivity index (χ2n) is 7.02. The highest BCUT2D eigenvalue weighted by molar-refractivity contribution is 7.20. The summed E-state index contributed by atoms with van der Waals surface area (Å²) in [6, 6.07) is 5.36. The molecule has 146 valence electrons. The van der Waals surface area contributed by atoms with Crippen molar-refractivity contribution >= 4 is 44.7 Å². The number of carbonyl (C=O) groups excluding carboxylic acids is 2. The Morgan fingerprint density at radius 2 is 1.89 bits per heavy atom. The van der Waals surface area contributed by atoms with Gasteiger partial charge in [0.05, 0.1) is 16.6 Å². The van der Waals surface area contributed by atoms with Gasteiger partial charge in [-0.05, 0) is 37.1 Å². The van der Waals surface area contributed by atoms with Crippen molar-refractivity contribution in [3.05, 3.63) is 50.9 Å². The predicted molar refractivity (Wildman–Crippen MR) is 112 cm³/mol. The number of thiophene rings is 1. The zero-order valence-corrected chi connectivity index (χ0v) is 17.2. The fourth-order valence-corrected chi connectivity index (χ4v) is 3.76. The Balaban J connectivity index is 1.92. The number of aromatic nitrogens is 2. The molecule has 2 aromatic heterocycles. The Hall–Kier alpha value is -3.00.